The lowest BCUT2D eigenvalue weighted by Crippen LogP contribution is -2.10. The molecule has 0 unspecified atom stereocenters. The monoisotopic (exact) mass is 401 g/mol. The zero-order valence-electron chi connectivity index (χ0n) is 13.8. The molecule has 0 spiro atoms. The number of carboxylic acid groups (broad SMARTS) is 1. The molecule has 4 nitrogen and oxygen atoms in total. The van der Waals surface area contributed by atoms with Crippen LogP contribution in [0.25, 0.3) is 17.2 Å². The van der Waals surface area contributed by atoms with E-state index < -0.39 is 17.7 Å². The van der Waals surface area contributed by atoms with Crippen LogP contribution in [0.5, 0.6) is 0 Å². The molecule has 0 aliphatic heterocycles. The smallest absolute Gasteiger partial charge is 0.339 e. The fourth-order valence-electron chi connectivity index (χ4n) is 2.44. The summed E-state index contributed by atoms with van der Waals surface area (Å²) in [4.78, 5) is 23.9. The van der Waals surface area contributed by atoms with E-state index in [2.05, 4.69) is 5.32 Å². The summed E-state index contributed by atoms with van der Waals surface area (Å²) in [7, 11) is 0. The van der Waals surface area contributed by atoms with Gasteiger partial charge in [0.2, 0.25) is 5.91 Å². The lowest BCUT2D eigenvalue weighted by Gasteiger charge is -2.04. The van der Waals surface area contributed by atoms with Crippen molar-refractivity contribution in [3.8, 4) is 11.1 Å². The van der Waals surface area contributed by atoms with Crippen molar-refractivity contribution >= 4 is 45.9 Å². The first kappa shape index (κ1) is 18.8. The molecule has 0 saturated carbocycles. The summed E-state index contributed by atoms with van der Waals surface area (Å²) in [5, 5.41) is 14.6. The summed E-state index contributed by atoms with van der Waals surface area (Å²) in [6.45, 7) is 0. The van der Waals surface area contributed by atoms with Crippen LogP contribution in [-0.4, -0.2) is 17.0 Å². The Bertz CT molecular complexity index is 1030. The third kappa shape index (κ3) is 4.61. The Morgan fingerprint density at radius 3 is 2.56 bits per heavy atom. The van der Waals surface area contributed by atoms with Crippen LogP contribution in [-0.2, 0) is 4.79 Å². The number of halogens is 2. The third-order valence-corrected chi connectivity index (χ3v) is 4.82. The Morgan fingerprint density at radius 1 is 1.15 bits per heavy atom. The summed E-state index contributed by atoms with van der Waals surface area (Å²) < 4.78 is 13.2. The van der Waals surface area contributed by atoms with Gasteiger partial charge in [-0.15, -0.1) is 11.3 Å². The van der Waals surface area contributed by atoms with Crippen molar-refractivity contribution in [2.24, 2.45) is 0 Å². The van der Waals surface area contributed by atoms with E-state index in [4.69, 9.17) is 11.6 Å². The Morgan fingerprint density at radius 2 is 1.89 bits per heavy atom. The zero-order valence-corrected chi connectivity index (χ0v) is 15.4. The quantitative estimate of drug-likeness (QED) is 0.550. The zero-order chi connectivity index (χ0) is 19.4. The van der Waals surface area contributed by atoms with E-state index in [0.29, 0.717) is 21.7 Å². The molecule has 0 saturated heterocycles. The minimum Gasteiger partial charge on any atom is -0.478 e. The number of rotatable bonds is 5. The number of carboxylic acids is 1. The van der Waals surface area contributed by atoms with Gasteiger partial charge < -0.3 is 10.4 Å². The van der Waals surface area contributed by atoms with Gasteiger partial charge in [0.25, 0.3) is 0 Å². The van der Waals surface area contributed by atoms with Gasteiger partial charge in [0.15, 0.2) is 0 Å². The number of thiophene rings is 1. The van der Waals surface area contributed by atoms with Crippen LogP contribution >= 0.6 is 22.9 Å². The molecule has 7 heteroatoms. The van der Waals surface area contributed by atoms with Gasteiger partial charge in [-0.2, -0.15) is 0 Å². The predicted molar refractivity (Wildman–Crippen MR) is 106 cm³/mol. The molecule has 3 rings (SSSR count). The molecule has 27 heavy (non-hydrogen) atoms. The minimum atomic E-state index is -1.15. The van der Waals surface area contributed by atoms with Crippen molar-refractivity contribution in [1.82, 2.24) is 0 Å². The van der Waals surface area contributed by atoms with E-state index in [1.54, 1.807) is 35.7 Å². The molecule has 1 heterocycles. The lowest BCUT2D eigenvalue weighted by atomic mass is 10.0. The van der Waals surface area contributed by atoms with Crippen LogP contribution in [0.4, 0.5) is 9.39 Å². The normalized spacial score (nSPS) is 10.9. The molecule has 1 aromatic heterocycles. The molecule has 0 aliphatic carbocycles. The van der Waals surface area contributed by atoms with Gasteiger partial charge in [0.1, 0.15) is 16.4 Å². The maximum atomic E-state index is 13.2. The minimum absolute atomic E-state index is 0.00910. The molecule has 3 aromatic rings. The fraction of sp³-hybridized carbons (Fsp3) is 0. The number of hydrogen-bond acceptors (Lipinski definition) is 3. The standard InChI is InChI=1S/C20H13ClFNO3S/c21-14-7-5-13(6-8-14)16-11-27-19(18(16)20(25)26)23-17(24)9-4-12-2-1-3-15(22)10-12/h1-11H,(H,23,24)(H,25,26). The summed E-state index contributed by atoms with van der Waals surface area (Å²) >= 11 is 6.99. The van der Waals surface area contributed by atoms with Crippen molar-refractivity contribution in [3.05, 3.63) is 82.0 Å². The van der Waals surface area contributed by atoms with Crippen molar-refractivity contribution in [3.63, 3.8) is 0 Å². The third-order valence-electron chi connectivity index (χ3n) is 3.67. The van der Waals surface area contributed by atoms with Crippen LogP contribution in [0.3, 0.4) is 0 Å². The second-order valence-corrected chi connectivity index (χ2v) is 6.86. The molecule has 2 N–H and O–H groups in total. The first-order valence-corrected chi connectivity index (χ1v) is 9.05. The summed E-state index contributed by atoms with van der Waals surface area (Å²) in [5.74, 6) is -2.06. The SMILES string of the molecule is O=C(C=Cc1cccc(F)c1)Nc1scc(-c2ccc(Cl)cc2)c1C(=O)O. The maximum absolute atomic E-state index is 13.2. The van der Waals surface area contributed by atoms with Crippen LogP contribution in [0.1, 0.15) is 15.9 Å². The predicted octanol–water partition coefficient (Wildman–Crippen LogP) is 5.56. The molecular formula is C20H13ClFNO3S. The van der Waals surface area contributed by atoms with Crippen LogP contribution in [0, 0.1) is 5.82 Å². The van der Waals surface area contributed by atoms with Crippen molar-refractivity contribution < 1.29 is 19.1 Å². The number of hydrogen-bond donors (Lipinski definition) is 2. The first-order chi connectivity index (χ1) is 12.9. The lowest BCUT2D eigenvalue weighted by molar-refractivity contribution is -0.111. The van der Waals surface area contributed by atoms with Crippen molar-refractivity contribution in [2.45, 2.75) is 0 Å². The highest BCUT2D eigenvalue weighted by atomic mass is 35.5. The fourth-order valence-corrected chi connectivity index (χ4v) is 3.53. The highest BCUT2D eigenvalue weighted by Gasteiger charge is 2.20. The highest BCUT2D eigenvalue weighted by molar-refractivity contribution is 7.15. The van der Waals surface area contributed by atoms with Gasteiger partial charge in [-0.25, -0.2) is 9.18 Å². The average molecular weight is 402 g/mol. The first-order valence-electron chi connectivity index (χ1n) is 7.79. The Labute approximate surface area is 163 Å². The van der Waals surface area contributed by atoms with Crippen LogP contribution in [0.2, 0.25) is 5.02 Å². The molecule has 0 aliphatic rings. The molecular weight excluding hydrogens is 389 g/mol. The Balaban J connectivity index is 1.83. The van der Waals surface area contributed by atoms with Gasteiger partial charge in [-0.05, 0) is 41.5 Å². The number of anilines is 1. The number of carbonyl (C=O) groups excluding carboxylic acids is 1. The molecule has 1 amide bonds. The molecule has 0 bridgehead atoms. The van der Waals surface area contributed by atoms with E-state index in [-0.39, 0.29) is 10.6 Å². The van der Waals surface area contributed by atoms with Gasteiger partial charge in [0, 0.05) is 22.0 Å². The second kappa shape index (κ2) is 8.16. The van der Waals surface area contributed by atoms with Crippen molar-refractivity contribution in [1.29, 1.82) is 0 Å². The van der Waals surface area contributed by atoms with Crippen LogP contribution < -0.4 is 5.32 Å². The largest absolute Gasteiger partial charge is 0.478 e. The summed E-state index contributed by atoms with van der Waals surface area (Å²) in [6, 6.07) is 12.5. The van der Waals surface area contributed by atoms with E-state index in [9.17, 15) is 19.1 Å². The van der Waals surface area contributed by atoms with E-state index in [0.717, 1.165) is 11.3 Å². The summed E-state index contributed by atoms with van der Waals surface area (Å²) in [5.41, 5.74) is 1.71. The Kier molecular flexibility index (Phi) is 5.69. The van der Waals surface area contributed by atoms with E-state index in [1.165, 1.54) is 30.4 Å². The van der Waals surface area contributed by atoms with Gasteiger partial charge in [0.05, 0.1) is 0 Å². The van der Waals surface area contributed by atoms with Gasteiger partial charge in [-0.1, -0.05) is 35.9 Å². The molecule has 2 aromatic carbocycles. The molecule has 0 radical (unpaired) electrons. The van der Waals surface area contributed by atoms with E-state index >= 15 is 0 Å². The number of carbonyl (C=O) groups is 2. The number of nitrogens with one attached hydrogen (secondary N) is 1. The number of benzene rings is 2. The van der Waals surface area contributed by atoms with E-state index in [1.807, 2.05) is 0 Å². The number of amides is 1. The number of aromatic carboxylic acids is 1. The second-order valence-electron chi connectivity index (χ2n) is 5.54. The highest BCUT2D eigenvalue weighted by Crippen LogP contribution is 2.36. The average Bonchev–Trinajstić information content (AvgIpc) is 3.04. The van der Waals surface area contributed by atoms with Gasteiger partial charge in [-0.3, -0.25) is 4.79 Å². The Hall–Kier alpha value is -2.96. The molecule has 136 valence electrons. The maximum Gasteiger partial charge on any atom is 0.339 e. The van der Waals surface area contributed by atoms with Crippen molar-refractivity contribution in [2.75, 3.05) is 5.32 Å². The molecule has 0 fully saturated rings. The topological polar surface area (TPSA) is 66.4 Å². The summed E-state index contributed by atoms with van der Waals surface area (Å²) in [6.07, 6.45) is 2.68. The van der Waals surface area contributed by atoms with Gasteiger partial charge >= 0.3 is 5.97 Å². The molecule has 0 atom stereocenters. The van der Waals surface area contributed by atoms with Crippen LogP contribution in [0.15, 0.2) is 60.0 Å².